The first-order valence-electron chi connectivity index (χ1n) is 7.39. The number of aliphatic hydroxyl groups excluding tert-OH is 1. The number of hydrogen-bond donors (Lipinski definition) is 2. The largest absolute Gasteiger partial charge is 0.388 e. The second-order valence-corrected chi connectivity index (χ2v) is 6.75. The van der Waals surface area contributed by atoms with Gasteiger partial charge in [0.2, 0.25) is 0 Å². The van der Waals surface area contributed by atoms with Gasteiger partial charge in [0.1, 0.15) is 5.82 Å². The van der Waals surface area contributed by atoms with E-state index in [1.807, 2.05) is 23.6 Å². The lowest BCUT2D eigenvalue weighted by Crippen LogP contribution is -2.30. The highest BCUT2D eigenvalue weighted by molar-refractivity contribution is 7.10. The molecule has 2 nitrogen and oxygen atoms in total. The maximum Gasteiger partial charge on any atom is 0.123 e. The predicted octanol–water partition coefficient (Wildman–Crippen LogP) is 3.98. The first kappa shape index (κ1) is 14.7. The Hall–Kier alpha value is -1.23. The standard InChI is InChI=1S/C17H20FNOS/c1-11(9-16(20)17-3-2-8-21-17)19-15-7-5-12-4-6-13(18)10-14(12)15/h2-4,6,8,10-11,15-16,19-20H,5,7,9H2,1H3. The van der Waals surface area contributed by atoms with E-state index < -0.39 is 6.10 Å². The molecule has 4 heteroatoms. The quantitative estimate of drug-likeness (QED) is 0.876. The molecule has 0 radical (unpaired) electrons. The summed E-state index contributed by atoms with van der Waals surface area (Å²) in [5.74, 6) is -0.172. The number of aryl methyl sites for hydroxylation is 1. The smallest absolute Gasteiger partial charge is 0.123 e. The number of halogens is 1. The topological polar surface area (TPSA) is 32.3 Å². The van der Waals surface area contributed by atoms with Crippen LogP contribution < -0.4 is 5.32 Å². The van der Waals surface area contributed by atoms with Crippen LogP contribution in [0.4, 0.5) is 4.39 Å². The minimum Gasteiger partial charge on any atom is -0.388 e. The zero-order valence-corrected chi connectivity index (χ0v) is 12.9. The fourth-order valence-electron chi connectivity index (χ4n) is 3.09. The fourth-order valence-corrected chi connectivity index (χ4v) is 3.81. The van der Waals surface area contributed by atoms with Gasteiger partial charge in [-0.1, -0.05) is 12.1 Å². The number of hydrogen-bond acceptors (Lipinski definition) is 3. The van der Waals surface area contributed by atoms with Crippen LogP contribution in [0.3, 0.4) is 0 Å². The number of benzene rings is 1. The second kappa shape index (κ2) is 6.26. The average Bonchev–Trinajstić information content (AvgIpc) is 3.09. The van der Waals surface area contributed by atoms with Gasteiger partial charge in [0.25, 0.3) is 0 Å². The van der Waals surface area contributed by atoms with Crippen LogP contribution in [-0.4, -0.2) is 11.1 Å². The molecule has 0 amide bonds. The Morgan fingerprint density at radius 3 is 3.05 bits per heavy atom. The van der Waals surface area contributed by atoms with Crippen molar-refractivity contribution in [2.45, 2.75) is 44.4 Å². The molecule has 1 aliphatic carbocycles. The van der Waals surface area contributed by atoms with E-state index in [1.54, 1.807) is 17.4 Å². The van der Waals surface area contributed by atoms with E-state index in [4.69, 9.17) is 0 Å². The lowest BCUT2D eigenvalue weighted by molar-refractivity contribution is 0.155. The van der Waals surface area contributed by atoms with Crippen LogP contribution in [-0.2, 0) is 6.42 Å². The third-order valence-electron chi connectivity index (χ3n) is 4.12. The number of fused-ring (bicyclic) bond motifs is 1. The molecular weight excluding hydrogens is 285 g/mol. The van der Waals surface area contributed by atoms with E-state index in [0.717, 1.165) is 23.3 Å². The zero-order chi connectivity index (χ0) is 14.8. The van der Waals surface area contributed by atoms with Gasteiger partial charge in [-0.15, -0.1) is 11.3 Å². The van der Waals surface area contributed by atoms with E-state index in [1.165, 1.54) is 11.6 Å². The van der Waals surface area contributed by atoms with Gasteiger partial charge in [-0.2, -0.15) is 0 Å². The summed E-state index contributed by atoms with van der Waals surface area (Å²) >= 11 is 1.58. The number of rotatable bonds is 5. The van der Waals surface area contributed by atoms with Crippen molar-refractivity contribution >= 4 is 11.3 Å². The monoisotopic (exact) mass is 305 g/mol. The Morgan fingerprint density at radius 2 is 2.29 bits per heavy atom. The Bertz CT molecular complexity index is 599. The highest BCUT2D eigenvalue weighted by Crippen LogP contribution is 2.32. The predicted molar refractivity (Wildman–Crippen MR) is 84.0 cm³/mol. The SMILES string of the molecule is CC(CC(O)c1cccs1)NC1CCc2ccc(F)cc21. The van der Waals surface area contributed by atoms with E-state index in [0.29, 0.717) is 6.42 Å². The third-order valence-corrected chi connectivity index (χ3v) is 5.09. The summed E-state index contributed by atoms with van der Waals surface area (Å²) in [5, 5.41) is 15.7. The van der Waals surface area contributed by atoms with Crippen molar-refractivity contribution in [1.29, 1.82) is 0 Å². The molecule has 0 fully saturated rings. The molecule has 1 aromatic heterocycles. The lowest BCUT2D eigenvalue weighted by Gasteiger charge is -2.22. The summed E-state index contributed by atoms with van der Waals surface area (Å²) in [5.41, 5.74) is 2.31. The van der Waals surface area contributed by atoms with E-state index >= 15 is 0 Å². The molecule has 0 aliphatic heterocycles. The summed E-state index contributed by atoms with van der Waals surface area (Å²) in [4.78, 5) is 1.00. The molecule has 3 rings (SSSR count). The molecule has 0 spiro atoms. The molecule has 0 bridgehead atoms. The molecule has 112 valence electrons. The molecular formula is C17H20FNOS. The minimum absolute atomic E-state index is 0.172. The van der Waals surface area contributed by atoms with Crippen LogP contribution in [0.1, 0.15) is 47.9 Å². The van der Waals surface area contributed by atoms with Crippen molar-refractivity contribution in [3.05, 3.63) is 57.5 Å². The van der Waals surface area contributed by atoms with Gasteiger partial charge >= 0.3 is 0 Å². The first-order valence-corrected chi connectivity index (χ1v) is 8.27. The van der Waals surface area contributed by atoms with Crippen LogP contribution in [0.15, 0.2) is 35.7 Å². The molecule has 3 unspecified atom stereocenters. The average molecular weight is 305 g/mol. The van der Waals surface area contributed by atoms with Gasteiger partial charge in [0.05, 0.1) is 6.10 Å². The van der Waals surface area contributed by atoms with Gasteiger partial charge in [0, 0.05) is 17.0 Å². The summed E-state index contributed by atoms with van der Waals surface area (Å²) in [7, 11) is 0. The van der Waals surface area contributed by atoms with Crippen LogP contribution >= 0.6 is 11.3 Å². The van der Waals surface area contributed by atoms with Crippen molar-refractivity contribution < 1.29 is 9.50 Å². The van der Waals surface area contributed by atoms with Gasteiger partial charge in [0.15, 0.2) is 0 Å². The van der Waals surface area contributed by atoms with Gasteiger partial charge < -0.3 is 10.4 Å². The highest BCUT2D eigenvalue weighted by Gasteiger charge is 2.25. The molecule has 0 saturated carbocycles. The lowest BCUT2D eigenvalue weighted by atomic mass is 10.0. The summed E-state index contributed by atoms with van der Waals surface area (Å²) in [6, 6.07) is 9.35. The molecule has 21 heavy (non-hydrogen) atoms. The van der Waals surface area contributed by atoms with Gasteiger partial charge in [-0.05, 0) is 60.9 Å². The number of nitrogens with one attached hydrogen (secondary N) is 1. The number of thiophene rings is 1. The minimum atomic E-state index is -0.430. The number of aliphatic hydroxyl groups is 1. The Kier molecular flexibility index (Phi) is 4.38. The van der Waals surface area contributed by atoms with Gasteiger partial charge in [-0.25, -0.2) is 4.39 Å². The van der Waals surface area contributed by atoms with E-state index in [9.17, 15) is 9.50 Å². The summed E-state index contributed by atoms with van der Waals surface area (Å²) in [6.07, 6.45) is 2.23. The van der Waals surface area contributed by atoms with Crippen molar-refractivity contribution in [2.75, 3.05) is 0 Å². The zero-order valence-electron chi connectivity index (χ0n) is 12.1. The summed E-state index contributed by atoms with van der Waals surface area (Å²) in [6.45, 7) is 2.08. The normalized spacial score (nSPS) is 20.2. The Labute approximate surface area is 128 Å². The van der Waals surface area contributed by atoms with Crippen LogP contribution in [0.5, 0.6) is 0 Å². The summed E-state index contributed by atoms with van der Waals surface area (Å²) < 4.78 is 13.4. The van der Waals surface area contributed by atoms with Gasteiger partial charge in [-0.3, -0.25) is 0 Å². The second-order valence-electron chi connectivity index (χ2n) is 5.77. The molecule has 0 saturated heterocycles. The van der Waals surface area contributed by atoms with Crippen molar-refractivity contribution in [3.8, 4) is 0 Å². The molecule has 1 aliphatic rings. The Morgan fingerprint density at radius 1 is 1.43 bits per heavy atom. The molecule has 2 N–H and O–H groups in total. The van der Waals surface area contributed by atoms with E-state index in [2.05, 4.69) is 12.2 Å². The van der Waals surface area contributed by atoms with Crippen LogP contribution in [0.25, 0.3) is 0 Å². The van der Waals surface area contributed by atoms with Crippen molar-refractivity contribution in [2.24, 2.45) is 0 Å². The maximum absolute atomic E-state index is 13.4. The Balaban J connectivity index is 1.62. The van der Waals surface area contributed by atoms with Crippen molar-refractivity contribution in [1.82, 2.24) is 5.32 Å². The molecule has 2 aromatic rings. The highest BCUT2D eigenvalue weighted by atomic mass is 32.1. The molecule has 1 aromatic carbocycles. The first-order chi connectivity index (χ1) is 10.1. The van der Waals surface area contributed by atoms with E-state index in [-0.39, 0.29) is 17.9 Å². The van der Waals surface area contributed by atoms with Crippen LogP contribution in [0.2, 0.25) is 0 Å². The maximum atomic E-state index is 13.4. The van der Waals surface area contributed by atoms with Crippen LogP contribution in [0, 0.1) is 5.82 Å². The molecule has 1 heterocycles. The fraction of sp³-hybridized carbons (Fsp3) is 0.412. The molecule has 3 atom stereocenters. The van der Waals surface area contributed by atoms with Crippen molar-refractivity contribution in [3.63, 3.8) is 0 Å². The third kappa shape index (κ3) is 3.34.